The molecule has 4 rings (SSSR count). The first-order valence-corrected chi connectivity index (χ1v) is 8.80. The van der Waals surface area contributed by atoms with Crippen LogP contribution in [-0.4, -0.2) is 46.4 Å². The van der Waals surface area contributed by atoms with Gasteiger partial charge in [0.05, 0.1) is 13.7 Å². The van der Waals surface area contributed by atoms with Gasteiger partial charge in [-0.15, -0.1) is 0 Å². The Morgan fingerprint density at radius 1 is 1.41 bits per heavy atom. The first kappa shape index (κ1) is 17.1. The molecule has 0 unspecified atom stereocenters. The molecule has 140 valence electrons. The van der Waals surface area contributed by atoms with Gasteiger partial charge in [0, 0.05) is 42.6 Å². The topological polar surface area (TPSA) is 98.2 Å². The number of carbonyl (C=O) groups excluding carboxylic acids is 2. The van der Waals surface area contributed by atoms with Crippen LogP contribution in [0.3, 0.4) is 0 Å². The lowest BCUT2D eigenvalue weighted by Crippen LogP contribution is -2.43. The number of ether oxygens (including phenoxy) is 2. The molecule has 3 aromatic rings. The van der Waals surface area contributed by atoms with Gasteiger partial charge in [0.25, 0.3) is 5.91 Å². The van der Waals surface area contributed by atoms with Crippen molar-refractivity contribution in [3.8, 4) is 5.88 Å². The number of aryl methyl sites for hydroxylation is 1. The fraction of sp³-hybridized carbons (Fsp3) is 0.316. The number of nitrogens with zero attached hydrogens (tertiary/aromatic N) is 2. The first-order chi connectivity index (χ1) is 13.2. The van der Waals surface area contributed by atoms with Gasteiger partial charge in [-0.05, 0) is 11.6 Å². The van der Waals surface area contributed by atoms with Crippen LogP contribution in [0.25, 0.3) is 10.9 Å². The number of esters is 1. The van der Waals surface area contributed by atoms with Gasteiger partial charge in [-0.2, -0.15) is 5.10 Å². The molecule has 0 saturated carbocycles. The predicted octanol–water partition coefficient (Wildman–Crippen LogP) is 1.66. The third-order valence-electron chi connectivity index (χ3n) is 4.63. The highest BCUT2D eigenvalue weighted by molar-refractivity contribution is 5.95. The molecule has 2 N–H and O–H groups in total. The number of methoxy groups -OCH3 is 1. The third-order valence-corrected chi connectivity index (χ3v) is 4.63. The minimum atomic E-state index is -0.818. The summed E-state index contributed by atoms with van der Waals surface area (Å²) < 4.78 is 12.0. The molecule has 2 aromatic heterocycles. The van der Waals surface area contributed by atoms with Crippen molar-refractivity contribution in [1.29, 1.82) is 0 Å². The molecule has 1 aliphatic heterocycles. The molecule has 8 nitrogen and oxygen atoms in total. The summed E-state index contributed by atoms with van der Waals surface area (Å²) in [7, 11) is 1.31. The summed E-state index contributed by atoms with van der Waals surface area (Å²) in [6.07, 6.45) is 3.00. The Morgan fingerprint density at radius 3 is 3.07 bits per heavy atom. The van der Waals surface area contributed by atoms with Crippen LogP contribution >= 0.6 is 0 Å². The average molecular weight is 368 g/mol. The lowest BCUT2D eigenvalue weighted by atomic mass is 10.0. The number of benzene rings is 1. The Morgan fingerprint density at radius 2 is 2.26 bits per heavy atom. The Bertz CT molecular complexity index is 967. The van der Waals surface area contributed by atoms with Crippen molar-refractivity contribution in [1.82, 2.24) is 20.1 Å². The highest BCUT2D eigenvalue weighted by Crippen LogP contribution is 2.21. The number of aromatic amines is 1. The van der Waals surface area contributed by atoms with Crippen LogP contribution in [0, 0.1) is 0 Å². The molecule has 0 fully saturated rings. The molecule has 1 aliphatic rings. The van der Waals surface area contributed by atoms with Crippen molar-refractivity contribution in [3.63, 3.8) is 0 Å². The third kappa shape index (κ3) is 3.38. The second-order valence-corrected chi connectivity index (χ2v) is 6.41. The zero-order valence-corrected chi connectivity index (χ0v) is 14.9. The van der Waals surface area contributed by atoms with Crippen LogP contribution in [-0.2, 0) is 22.5 Å². The molecule has 1 amide bonds. The minimum absolute atomic E-state index is 0.222. The van der Waals surface area contributed by atoms with Crippen molar-refractivity contribution in [3.05, 3.63) is 47.8 Å². The number of amides is 1. The van der Waals surface area contributed by atoms with Gasteiger partial charge < -0.3 is 19.8 Å². The first-order valence-electron chi connectivity index (χ1n) is 8.80. The standard InChI is InChI=1S/C19H20N4O4/c1-26-19(25)16(9-12-11-20-14-6-3-2-5-13(12)14)21-18(24)15-10-17-23(22-15)7-4-8-27-17/h2-3,5-6,10-11,16,20H,4,7-9H2,1H3,(H,21,24)/t16-/m0/s1. The van der Waals surface area contributed by atoms with Gasteiger partial charge in [-0.1, -0.05) is 18.2 Å². The van der Waals surface area contributed by atoms with E-state index in [1.165, 1.54) is 7.11 Å². The van der Waals surface area contributed by atoms with Gasteiger partial charge >= 0.3 is 5.97 Å². The SMILES string of the molecule is COC(=O)[C@H](Cc1c[nH]c2ccccc12)NC(=O)c1cc2n(n1)CCCO2. The number of nitrogens with one attached hydrogen (secondary N) is 2. The second-order valence-electron chi connectivity index (χ2n) is 6.41. The largest absolute Gasteiger partial charge is 0.478 e. The fourth-order valence-electron chi connectivity index (χ4n) is 3.27. The predicted molar refractivity (Wildman–Crippen MR) is 97.6 cm³/mol. The molecule has 1 aromatic carbocycles. The molecule has 0 bridgehead atoms. The van der Waals surface area contributed by atoms with Crippen LogP contribution in [0.2, 0.25) is 0 Å². The molecule has 0 aliphatic carbocycles. The molecule has 8 heteroatoms. The van der Waals surface area contributed by atoms with Crippen molar-refractivity contribution in [2.45, 2.75) is 25.4 Å². The molecule has 27 heavy (non-hydrogen) atoms. The van der Waals surface area contributed by atoms with E-state index in [1.54, 1.807) is 10.7 Å². The number of rotatable bonds is 5. The van der Waals surface area contributed by atoms with Crippen LogP contribution in [0.15, 0.2) is 36.5 Å². The minimum Gasteiger partial charge on any atom is -0.478 e. The Balaban J connectivity index is 1.54. The van der Waals surface area contributed by atoms with E-state index < -0.39 is 17.9 Å². The quantitative estimate of drug-likeness (QED) is 0.668. The van der Waals surface area contributed by atoms with Gasteiger partial charge in [-0.25, -0.2) is 9.48 Å². The maximum atomic E-state index is 12.6. The average Bonchev–Trinajstić information content (AvgIpc) is 3.31. The monoisotopic (exact) mass is 368 g/mol. The molecular weight excluding hydrogens is 348 g/mol. The number of hydrogen-bond acceptors (Lipinski definition) is 5. The number of aromatic nitrogens is 3. The zero-order chi connectivity index (χ0) is 18.8. The Hall–Kier alpha value is -3.29. The molecular formula is C19H20N4O4. The highest BCUT2D eigenvalue weighted by atomic mass is 16.5. The summed E-state index contributed by atoms with van der Waals surface area (Å²) in [6.45, 7) is 1.32. The summed E-state index contributed by atoms with van der Waals surface area (Å²) in [6, 6.07) is 8.57. The van der Waals surface area contributed by atoms with Crippen LogP contribution in [0.5, 0.6) is 5.88 Å². The van der Waals surface area contributed by atoms with Crippen LogP contribution in [0.4, 0.5) is 0 Å². The van der Waals surface area contributed by atoms with E-state index in [1.807, 2.05) is 30.5 Å². The fourth-order valence-corrected chi connectivity index (χ4v) is 3.27. The van der Waals surface area contributed by atoms with E-state index in [4.69, 9.17) is 9.47 Å². The number of H-pyrrole nitrogens is 1. The van der Waals surface area contributed by atoms with Gasteiger partial charge in [0.1, 0.15) is 6.04 Å². The Kier molecular flexibility index (Phi) is 4.53. The number of fused-ring (bicyclic) bond motifs is 2. The second kappa shape index (κ2) is 7.14. The van der Waals surface area contributed by atoms with Crippen molar-refractivity contribution in [2.24, 2.45) is 0 Å². The molecule has 0 spiro atoms. The number of para-hydroxylation sites is 1. The summed E-state index contributed by atoms with van der Waals surface area (Å²) in [5.74, 6) is -0.373. The van der Waals surface area contributed by atoms with E-state index in [2.05, 4.69) is 15.4 Å². The zero-order valence-electron chi connectivity index (χ0n) is 14.9. The van der Waals surface area contributed by atoms with E-state index in [-0.39, 0.29) is 5.69 Å². The van der Waals surface area contributed by atoms with Gasteiger partial charge in [0.15, 0.2) is 5.69 Å². The highest BCUT2D eigenvalue weighted by Gasteiger charge is 2.26. The number of hydrogen-bond donors (Lipinski definition) is 2. The number of carbonyl (C=O) groups is 2. The maximum Gasteiger partial charge on any atom is 0.328 e. The summed E-state index contributed by atoms with van der Waals surface area (Å²) in [5, 5.41) is 8.00. The molecule has 0 radical (unpaired) electrons. The normalized spacial score (nSPS) is 14.3. The van der Waals surface area contributed by atoms with Crippen molar-refractivity contribution in [2.75, 3.05) is 13.7 Å². The summed E-state index contributed by atoms with van der Waals surface area (Å²) in [4.78, 5) is 28.0. The van der Waals surface area contributed by atoms with Crippen LogP contribution < -0.4 is 10.1 Å². The smallest absolute Gasteiger partial charge is 0.328 e. The van der Waals surface area contributed by atoms with Crippen LogP contribution in [0.1, 0.15) is 22.5 Å². The van der Waals surface area contributed by atoms with Crippen molar-refractivity contribution >= 4 is 22.8 Å². The molecule has 1 atom stereocenters. The van der Waals surface area contributed by atoms with Gasteiger partial charge in [0.2, 0.25) is 5.88 Å². The Labute approximate surface area is 155 Å². The summed E-state index contributed by atoms with van der Waals surface area (Å²) >= 11 is 0. The molecule has 0 saturated heterocycles. The molecule has 3 heterocycles. The van der Waals surface area contributed by atoms with E-state index in [0.29, 0.717) is 25.5 Å². The van der Waals surface area contributed by atoms with E-state index >= 15 is 0 Å². The lowest BCUT2D eigenvalue weighted by Gasteiger charge is -2.15. The van der Waals surface area contributed by atoms with Crippen molar-refractivity contribution < 1.29 is 19.1 Å². The maximum absolute atomic E-state index is 12.6. The summed E-state index contributed by atoms with van der Waals surface area (Å²) in [5.41, 5.74) is 2.12. The lowest BCUT2D eigenvalue weighted by molar-refractivity contribution is -0.142. The van der Waals surface area contributed by atoms with E-state index in [9.17, 15) is 9.59 Å². The van der Waals surface area contributed by atoms with E-state index in [0.717, 1.165) is 22.9 Å². The van der Waals surface area contributed by atoms with Gasteiger partial charge in [-0.3, -0.25) is 4.79 Å².